The summed E-state index contributed by atoms with van der Waals surface area (Å²) in [5, 5.41) is 5.55. The van der Waals surface area contributed by atoms with Crippen molar-refractivity contribution in [1.82, 2.24) is 14.6 Å². The van der Waals surface area contributed by atoms with Crippen LogP contribution in [-0.2, 0) is 19.0 Å². The second kappa shape index (κ2) is 11.6. The van der Waals surface area contributed by atoms with E-state index in [2.05, 4.69) is 10.1 Å². The number of hydrogen-bond acceptors (Lipinski definition) is 9. The standard InChI is InChI=1S/C32H27F2N3O6S/c1-32(33,34)23-12-20(8-9-26(23)40-3)25(38)11-18-6-5-7-19(10-18)17-42-27-13-21(39-2)14-28-22(27)15-29(43-28)24-16-37-30(35-24)44-31(36-37)41-4/h5-10,12-16H,11,17H2,1-4H3. The van der Waals surface area contributed by atoms with Crippen LogP contribution in [0, 0.1) is 0 Å². The lowest BCUT2D eigenvalue weighted by Crippen LogP contribution is -2.12. The lowest BCUT2D eigenvalue weighted by Gasteiger charge is -2.16. The summed E-state index contributed by atoms with van der Waals surface area (Å²) in [4.78, 5) is 18.3. The molecule has 0 bridgehead atoms. The molecule has 0 saturated carbocycles. The smallest absolute Gasteiger partial charge is 0.294 e. The van der Waals surface area contributed by atoms with E-state index in [-0.39, 0.29) is 35.7 Å². The van der Waals surface area contributed by atoms with Crippen LogP contribution < -0.4 is 18.9 Å². The third-order valence-electron chi connectivity index (χ3n) is 7.01. The minimum atomic E-state index is -3.15. The maximum absolute atomic E-state index is 14.1. The summed E-state index contributed by atoms with van der Waals surface area (Å²) in [6.07, 6.45) is 1.80. The molecule has 0 atom stereocenters. The van der Waals surface area contributed by atoms with Gasteiger partial charge in [-0.2, -0.15) is 0 Å². The highest BCUT2D eigenvalue weighted by Gasteiger charge is 2.29. The zero-order chi connectivity index (χ0) is 31.0. The summed E-state index contributed by atoms with van der Waals surface area (Å²) in [7, 11) is 4.43. The largest absolute Gasteiger partial charge is 0.496 e. The Morgan fingerprint density at radius 2 is 1.80 bits per heavy atom. The van der Waals surface area contributed by atoms with Crippen LogP contribution >= 0.6 is 11.3 Å². The van der Waals surface area contributed by atoms with Gasteiger partial charge in [-0.3, -0.25) is 4.79 Å². The average molecular weight is 620 g/mol. The fourth-order valence-corrected chi connectivity index (χ4v) is 5.53. The predicted octanol–water partition coefficient (Wildman–Crippen LogP) is 7.35. The summed E-state index contributed by atoms with van der Waals surface area (Å²) >= 11 is 1.32. The highest BCUT2D eigenvalue weighted by atomic mass is 32.1. The molecule has 0 unspecified atom stereocenters. The van der Waals surface area contributed by atoms with Crippen molar-refractivity contribution in [1.29, 1.82) is 0 Å². The molecule has 3 aromatic carbocycles. The second-order valence-corrected chi connectivity index (χ2v) is 11.0. The Labute approximate surface area is 254 Å². The number of carbonyl (C=O) groups excluding carboxylic acids is 1. The highest BCUT2D eigenvalue weighted by Crippen LogP contribution is 2.38. The zero-order valence-electron chi connectivity index (χ0n) is 24.2. The van der Waals surface area contributed by atoms with Crippen molar-refractivity contribution in [2.24, 2.45) is 0 Å². The zero-order valence-corrected chi connectivity index (χ0v) is 25.0. The molecule has 6 rings (SSSR count). The number of benzene rings is 3. The van der Waals surface area contributed by atoms with Gasteiger partial charge in [0.05, 0.1) is 38.5 Å². The quantitative estimate of drug-likeness (QED) is 0.139. The van der Waals surface area contributed by atoms with E-state index in [4.69, 9.17) is 23.4 Å². The number of aromatic nitrogens is 3. The van der Waals surface area contributed by atoms with Crippen LogP contribution in [0.1, 0.15) is 34.0 Å². The van der Waals surface area contributed by atoms with Gasteiger partial charge in [-0.1, -0.05) is 24.3 Å². The van der Waals surface area contributed by atoms with Crippen LogP contribution in [0.25, 0.3) is 27.4 Å². The molecule has 0 aliphatic heterocycles. The number of alkyl halides is 2. The molecular formula is C32H27F2N3O6S. The third kappa shape index (κ3) is 5.80. The minimum absolute atomic E-state index is 0.0340. The number of ketones is 1. The van der Waals surface area contributed by atoms with Crippen molar-refractivity contribution in [3.63, 3.8) is 0 Å². The number of fused-ring (bicyclic) bond motifs is 2. The molecule has 226 valence electrons. The number of halogens is 2. The predicted molar refractivity (Wildman–Crippen MR) is 161 cm³/mol. The van der Waals surface area contributed by atoms with Gasteiger partial charge in [0.15, 0.2) is 11.5 Å². The molecule has 0 fully saturated rings. The van der Waals surface area contributed by atoms with Gasteiger partial charge in [0.25, 0.3) is 11.1 Å². The fraction of sp³-hybridized carbons (Fsp3) is 0.219. The van der Waals surface area contributed by atoms with E-state index < -0.39 is 5.92 Å². The van der Waals surface area contributed by atoms with E-state index in [1.54, 1.807) is 37.1 Å². The molecule has 3 heterocycles. The fourth-order valence-electron chi connectivity index (χ4n) is 4.83. The van der Waals surface area contributed by atoms with Crippen LogP contribution in [0.15, 0.2) is 71.3 Å². The maximum atomic E-state index is 14.1. The van der Waals surface area contributed by atoms with Crippen LogP contribution in [0.2, 0.25) is 0 Å². The molecule has 3 aromatic heterocycles. The van der Waals surface area contributed by atoms with Gasteiger partial charge in [0, 0.05) is 31.0 Å². The number of imidazole rings is 1. The number of nitrogens with zero attached hydrogens (tertiary/aromatic N) is 3. The topological polar surface area (TPSA) is 97.3 Å². The molecule has 0 radical (unpaired) electrons. The van der Waals surface area contributed by atoms with Gasteiger partial charge in [-0.25, -0.2) is 18.3 Å². The molecule has 0 aliphatic rings. The number of ether oxygens (including phenoxy) is 4. The minimum Gasteiger partial charge on any atom is -0.496 e. The van der Waals surface area contributed by atoms with Crippen molar-refractivity contribution in [3.8, 4) is 33.9 Å². The molecular weight excluding hydrogens is 592 g/mol. The van der Waals surface area contributed by atoms with E-state index in [0.717, 1.165) is 23.4 Å². The van der Waals surface area contributed by atoms with Crippen LogP contribution in [0.5, 0.6) is 22.4 Å². The Morgan fingerprint density at radius 3 is 2.52 bits per heavy atom. The van der Waals surface area contributed by atoms with Gasteiger partial charge in [-0.05, 0) is 46.7 Å². The number of rotatable bonds is 11. The van der Waals surface area contributed by atoms with E-state index in [9.17, 15) is 13.6 Å². The first-order chi connectivity index (χ1) is 21.1. The van der Waals surface area contributed by atoms with Crippen molar-refractivity contribution in [2.45, 2.75) is 25.9 Å². The van der Waals surface area contributed by atoms with Crippen molar-refractivity contribution in [3.05, 3.63) is 89.1 Å². The molecule has 0 amide bonds. The first kappa shape index (κ1) is 29.1. The van der Waals surface area contributed by atoms with E-state index in [1.165, 1.54) is 36.6 Å². The lowest BCUT2D eigenvalue weighted by atomic mass is 9.98. The Kier molecular flexibility index (Phi) is 7.68. The van der Waals surface area contributed by atoms with E-state index in [1.807, 2.05) is 30.3 Å². The molecule has 0 aliphatic carbocycles. The van der Waals surface area contributed by atoms with E-state index in [0.29, 0.717) is 38.7 Å². The van der Waals surface area contributed by atoms with Crippen molar-refractivity contribution < 1.29 is 36.9 Å². The Hall–Kier alpha value is -4.97. The molecule has 9 nitrogen and oxygen atoms in total. The van der Waals surface area contributed by atoms with Gasteiger partial charge in [0.1, 0.15) is 35.1 Å². The SMILES string of the molecule is COc1cc(OCc2cccc(CC(=O)c3ccc(OC)c(C(C)(F)F)c3)c2)c2cc(-c3cn4nc(OC)sc4n3)oc2c1. The number of Topliss-reactive ketones (excluding diaryl/α,β-unsaturated/α-hetero) is 1. The summed E-state index contributed by atoms with van der Waals surface area (Å²) in [6.45, 7) is 0.974. The average Bonchev–Trinajstić information content (AvgIpc) is 3.72. The molecule has 0 spiro atoms. The van der Waals surface area contributed by atoms with Crippen LogP contribution in [0.3, 0.4) is 0 Å². The summed E-state index contributed by atoms with van der Waals surface area (Å²) < 4.78 is 57.9. The second-order valence-electron chi connectivity index (χ2n) is 10.1. The first-order valence-corrected chi connectivity index (χ1v) is 14.3. The summed E-state index contributed by atoms with van der Waals surface area (Å²) in [5.41, 5.74) is 2.57. The maximum Gasteiger partial charge on any atom is 0.294 e. The Balaban J connectivity index is 1.21. The van der Waals surface area contributed by atoms with Gasteiger partial charge < -0.3 is 23.4 Å². The van der Waals surface area contributed by atoms with E-state index >= 15 is 0 Å². The number of hydrogen-bond donors (Lipinski definition) is 0. The molecule has 12 heteroatoms. The molecule has 0 N–H and O–H groups in total. The van der Waals surface area contributed by atoms with Crippen molar-refractivity contribution >= 4 is 33.1 Å². The Bertz CT molecular complexity index is 1960. The number of methoxy groups -OCH3 is 3. The lowest BCUT2D eigenvalue weighted by molar-refractivity contribution is 0.0150. The normalized spacial score (nSPS) is 11.7. The highest BCUT2D eigenvalue weighted by molar-refractivity contribution is 7.18. The molecule has 6 aromatic rings. The Morgan fingerprint density at radius 1 is 0.977 bits per heavy atom. The van der Waals surface area contributed by atoms with Gasteiger partial charge in [0.2, 0.25) is 4.96 Å². The van der Waals surface area contributed by atoms with Crippen LogP contribution in [0.4, 0.5) is 8.78 Å². The first-order valence-electron chi connectivity index (χ1n) is 13.5. The molecule has 0 saturated heterocycles. The number of carbonyl (C=O) groups is 1. The third-order valence-corrected chi connectivity index (χ3v) is 7.89. The van der Waals surface area contributed by atoms with Gasteiger partial charge in [-0.15, -0.1) is 5.10 Å². The summed E-state index contributed by atoms with van der Waals surface area (Å²) in [5.74, 6) is -1.76. The van der Waals surface area contributed by atoms with Crippen molar-refractivity contribution in [2.75, 3.05) is 21.3 Å². The van der Waals surface area contributed by atoms with Gasteiger partial charge >= 0.3 is 0 Å². The van der Waals surface area contributed by atoms with Crippen LogP contribution in [-0.4, -0.2) is 41.7 Å². The molecule has 44 heavy (non-hydrogen) atoms. The monoisotopic (exact) mass is 619 g/mol. The number of furan rings is 1. The summed E-state index contributed by atoms with van der Waals surface area (Å²) in [6, 6.07) is 16.9.